The summed E-state index contributed by atoms with van der Waals surface area (Å²) in [6, 6.07) is 30.0. The molecule has 38 heavy (non-hydrogen) atoms. The molecule has 0 fully saturated rings. The second-order valence-corrected chi connectivity index (χ2v) is 10.1. The van der Waals surface area contributed by atoms with E-state index in [2.05, 4.69) is 5.32 Å². The average molecular weight is 529 g/mol. The Bertz CT molecular complexity index is 1370. The van der Waals surface area contributed by atoms with Crippen LogP contribution in [0, 0.1) is 5.92 Å². The summed E-state index contributed by atoms with van der Waals surface area (Å²) in [5.41, 5.74) is 1.73. The zero-order valence-electron chi connectivity index (χ0n) is 21.8. The summed E-state index contributed by atoms with van der Waals surface area (Å²) in [5, 5.41) is 5.53. The summed E-state index contributed by atoms with van der Waals surface area (Å²) in [4.78, 5) is 29.0. The Morgan fingerprint density at radius 3 is 2.32 bits per heavy atom. The van der Waals surface area contributed by atoms with Gasteiger partial charge in [-0.05, 0) is 34.6 Å². The molecule has 6 heteroatoms. The largest absolute Gasteiger partial charge is 0.483 e. The van der Waals surface area contributed by atoms with Gasteiger partial charge in [-0.3, -0.25) is 9.59 Å². The van der Waals surface area contributed by atoms with Gasteiger partial charge in [-0.15, -0.1) is 0 Å². The maximum atomic E-state index is 13.8. The second-order valence-electron chi connectivity index (χ2n) is 9.72. The van der Waals surface area contributed by atoms with E-state index in [0.29, 0.717) is 23.7 Å². The van der Waals surface area contributed by atoms with E-state index in [4.69, 9.17) is 16.3 Å². The highest BCUT2D eigenvalue weighted by Crippen LogP contribution is 2.26. The van der Waals surface area contributed by atoms with Crippen molar-refractivity contribution in [1.82, 2.24) is 10.2 Å². The maximum Gasteiger partial charge on any atom is 0.261 e. The van der Waals surface area contributed by atoms with Crippen molar-refractivity contribution in [3.8, 4) is 5.75 Å². The Labute approximate surface area is 229 Å². The van der Waals surface area contributed by atoms with Crippen LogP contribution in [0.25, 0.3) is 10.8 Å². The van der Waals surface area contributed by atoms with Gasteiger partial charge in [-0.25, -0.2) is 0 Å². The maximum absolute atomic E-state index is 13.8. The SMILES string of the molecule is CC(C)CNC(=O)[C@H](Cc1ccccc1)N(Cc1ccccc1Cl)C(=O)COc1cccc2ccccc12. The summed E-state index contributed by atoms with van der Waals surface area (Å²) in [6.07, 6.45) is 0.370. The molecule has 0 saturated heterocycles. The molecule has 0 bridgehead atoms. The summed E-state index contributed by atoms with van der Waals surface area (Å²) in [5.74, 6) is 0.406. The lowest BCUT2D eigenvalue weighted by Crippen LogP contribution is -2.52. The van der Waals surface area contributed by atoms with Crippen molar-refractivity contribution in [2.45, 2.75) is 32.9 Å². The van der Waals surface area contributed by atoms with Crippen LogP contribution in [-0.4, -0.2) is 35.9 Å². The molecule has 4 rings (SSSR count). The average Bonchev–Trinajstić information content (AvgIpc) is 2.93. The first kappa shape index (κ1) is 27.2. The van der Waals surface area contributed by atoms with Crippen molar-refractivity contribution < 1.29 is 14.3 Å². The van der Waals surface area contributed by atoms with Crippen LogP contribution in [0.1, 0.15) is 25.0 Å². The van der Waals surface area contributed by atoms with Gasteiger partial charge in [0.2, 0.25) is 5.91 Å². The van der Waals surface area contributed by atoms with Crippen molar-refractivity contribution in [3.63, 3.8) is 0 Å². The minimum absolute atomic E-state index is 0.185. The predicted octanol–water partition coefficient (Wildman–Crippen LogP) is 6.28. The molecule has 5 nitrogen and oxygen atoms in total. The van der Waals surface area contributed by atoms with Crippen LogP contribution in [0.5, 0.6) is 5.75 Å². The molecule has 0 aliphatic rings. The second kappa shape index (κ2) is 13.1. The fourth-order valence-corrected chi connectivity index (χ4v) is 4.53. The Hall–Kier alpha value is -3.83. The number of carbonyl (C=O) groups excluding carboxylic acids is 2. The molecule has 0 spiro atoms. The van der Waals surface area contributed by atoms with E-state index in [9.17, 15) is 9.59 Å². The third-order valence-electron chi connectivity index (χ3n) is 6.35. The molecule has 0 saturated carbocycles. The first-order valence-corrected chi connectivity index (χ1v) is 13.2. The predicted molar refractivity (Wildman–Crippen MR) is 153 cm³/mol. The van der Waals surface area contributed by atoms with E-state index < -0.39 is 6.04 Å². The van der Waals surface area contributed by atoms with Crippen LogP contribution in [0.15, 0.2) is 97.1 Å². The highest BCUT2D eigenvalue weighted by Gasteiger charge is 2.31. The first-order chi connectivity index (χ1) is 18.4. The fourth-order valence-electron chi connectivity index (χ4n) is 4.33. The molecular weight excluding hydrogens is 496 g/mol. The Kier molecular flexibility index (Phi) is 9.39. The fraction of sp³-hybridized carbons (Fsp3) is 0.250. The number of rotatable bonds is 11. The van der Waals surface area contributed by atoms with E-state index in [1.165, 1.54) is 0 Å². The van der Waals surface area contributed by atoms with Gasteiger partial charge in [0.1, 0.15) is 11.8 Å². The van der Waals surface area contributed by atoms with Crippen molar-refractivity contribution in [2.24, 2.45) is 5.92 Å². The molecule has 1 N–H and O–H groups in total. The van der Waals surface area contributed by atoms with Gasteiger partial charge in [0, 0.05) is 29.9 Å². The van der Waals surface area contributed by atoms with Crippen LogP contribution >= 0.6 is 11.6 Å². The van der Waals surface area contributed by atoms with Gasteiger partial charge < -0.3 is 15.0 Å². The van der Waals surface area contributed by atoms with Gasteiger partial charge in [0.25, 0.3) is 5.91 Å². The van der Waals surface area contributed by atoms with Crippen molar-refractivity contribution in [3.05, 3.63) is 113 Å². The van der Waals surface area contributed by atoms with Crippen molar-refractivity contribution in [2.75, 3.05) is 13.2 Å². The molecule has 2 amide bonds. The third kappa shape index (κ3) is 7.14. The Balaban J connectivity index is 1.64. The molecular formula is C32H33ClN2O3. The van der Waals surface area contributed by atoms with Crippen molar-refractivity contribution in [1.29, 1.82) is 0 Å². The van der Waals surface area contributed by atoms with Gasteiger partial charge in [-0.2, -0.15) is 0 Å². The van der Waals surface area contributed by atoms with E-state index in [0.717, 1.165) is 21.9 Å². The number of fused-ring (bicyclic) bond motifs is 1. The number of halogens is 1. The highest BCUT2D eigenvalue weighted by molar-refractivity contribution is 6.31. The quantitative estimate of drug-likeness (QED) is 0.249. The van der Waals surface area contributed by atoms with Crippen LogP contribution in [0.2, 0.25) is 5.02 Å². The standard InChI is InChI=1S/C32H33ClN2O3/c1-23(2)20-34-32(37)29(19-24-11-4-3-5-12-24)35(21-26-14-7-9-17-28(26)33)31(36)22-38-30-18-10-15-25-13-6-8-16-27(25)30/h3-18,23,29H,19-22H2,1-2H3,(H,34,37)/t29-/m0/s1. The van der Waals surface area contributed by atoms with Gasteiger partial charge in [0.15, 0.2) is 6.61 Å². The van der Waals surface area contributed by atoms with Crippen LogP contribution in [0.3, 0.4) is 0 Å². The van der Waals surface area contributed by atoms with Crippen LogP contribution in [-0.2, 0) is 22.6 Å². The normalized spacial score (nSPS) is 11.8. The monoisotopic (exact) mass is 528 g/mol. The summed E-state index contributed by atoms with van der Waals surface area (Å²) in [6.45, 7) is 4.57. The minimum Gasteiger partial charge on any atom is -0.483 e. The zero-order valence-corrected chi connectivity index (χ0v) is 22.5. The first-order valence-electron chi connectivity index (χ1n) is 12.9. The lowest BCUT2D eigenvalue weighted by Gasteiger charge is -2.32. The summed E-state index contributed by atoms with van der Waals surface area (Å²) in [7, 11) is 0. The summed E-state index contributed by atoms with van der Waals surface area (Å²) >= 11 is 6.49. The van der Waals surface area contributed by atoms with Crippen LogP contribution in [0.4, 0.5) is 0 Å². The Morgan fingerprint density at radius 2 is 1.55 bits per heavy atom. The number of nitrogens with one attached hydrogen (secondary N) is 1. The van der Waals surface area contributed by atoms with E-state index in [-0.39, 0.29) is 30.9 Å². The van der Waals surface area contributed by atoms with Crippen LogP contribution < -0.4 is 10.1 Å². The number of amides is 2. The van der Waals surface area contributed by atoms with E-state index in [1.54, 1.807) is 11.0 Å². The molecule has 196 valence electrons. The number of carbonyl (C=O) groups is 2. The molecule has 0 radical (unpaired) electrons. The van der Waals surface area contributed by atoms with E-state index >= 15 is 0 Å². The van der Waals surface area contributed by atoms with Gasteiger partial charge in [0.05, 0.1) is 0 Å². The molecule has 4 aromatic rings. The lowest BCUT2D eigenvalue weighted by atomic mass is 10.0. The number of nitrogens with zero attached hydrogens (tertiary/aromatic N) is 1. The van der Waals surface area contributed by atoms with Gasteiger partial charge >= 0.3 is 0 Å². The number of hydrogen-bond donors (Lipinski definition) is 1. The molecule has 0 aliphatic heterocycles. The molecule has 4 aromatic carbocycles. The lowest BCUT2D eigenvalue weighted by molar-refractivity contribution is -0.142. The molecule has 0 unspecified atom stereocenters. The molecule has 1 atom stereocenters. The molecule has 0 aromatic heterocycles. The van der Waals surface area contributed by atoms with Crippen molar-refractivity contribution >= 4 is 34.2 Å². The zero-order chi connectivity index (χ0) is 26.9. The number of ether oxygens (including phenoxy) is 1. The number of benzene rings is 4. The number of hydrogen-bond acceptors (Lipinski definition) is 3. The molecule has 0 heterocycles. The third-order valence-corrected chi connectivity index (χ3v) is 6.72. The molecule has 0 aliphatic carbocycles. The van der Waals surface area contributed by atoms with E-state index in [1.807, 2.05) is 105 Å². The highest BCUT2D eigenvalue weighted by atomic mass is 35.5. The topological polar surface area (TPSA) is 58.6 Å². The Morgan fingerprint density at radius 1 is 0.868 bits per heavy atom. The minimum atomic E-state index is -0.740. The van der Waals surface area contributed by atoms with Gasteiger partial charge in [-0.1, -0.05) is 110 Å². The summed E-state index contributed by atoms with van der Waals surface area (Å²) < 4.78 is 6.05. The smallest absolute Gasteiger partial charge is 0.261 e.